The Labute approximate surface area is 121 Å². The number of alkyl halides is 3. The van der Waals surface area contributed by atoms with Gasteiger partial charge in [0.25, 0.3) is 5.91 Å². The highest BCUT2D eigenvalue weighted by atomic mass is 35.5. The molecular weight excluding hydrogens is 295 g/mol. The van der Waals surface area contributed by atoms with Crippen LogP contribution in [0.4, 0.5) is 13.2 Å². The summed E-state index contributed by atoms with van der Waals surface area (Å²) >= 11 is 0. The lowest BCUT2D eigenvalue weighted by atomic mass is 10.0. The number of aromatic nitrogens is 1. The molecule has 0 aromatic carbocycles. The summed E-state index contributed by atoms with van der Waals surface area (Å²) < 4.78 is 37.3. The van der Waals surface area contributed by atoms with Crippen molar-refractivity contribution in [1.29, 1.82) is 0 Å². The van der Waals surface area contributed by atoms with Crippen molar-refractivity contribution in [3.8, 4) is 0 Å². The zero-order valence-corrected chi connectivity index (χ0v) is 12.2. The van der Waals surface area contributed by atoms with Crippen LogP contribution in [0, 0.1) is 6.92 Å². The third kappa shape index (κ3) is 4.64. The first kappa shape index (κ1) is 18.7. The third-order valence-electron chi connectivity index (χ3n) is 2.58. The number of hydrogen-bond acceptors (Lipinski definition) is 3. The number of carbonyl (C=O) groups excluding carboxylic acids is 1. The van der Waals surface area contributed by atoms with Gasteiger partial charge < -0.3 is 11.1 Å². The number of nitrogens with two attached hydrogens (primary N) is 1. The Morgan fingerprint density at radius 2 is 1.90 bits per heavy atom. The number of pyridine rings is 1. The van der Waals surface area contributed by atoms with Gasteiger partial charge in [0.05, 0.1) is 11.3 Å². The lowest BCUT2D eigenvalue weighted by Crippen LogP contribution is -2.49. The molecule has 1 heterocycles. The van der Waals surface area contributed by atoms with Crippen molar-refractivity contribution in [3.05, 3.63) is 29.1 Å². The Bertz CT molecular complexity index is 489. The average molecular weight is 312 g/mol. The summed E-state index contributed by atoms with van der Waals surface area (Å²) in [5, 5.41) is 2.64. The standard InChI is InChI=1S/C12H16F3N3O.ClH/c1-7-8(10(19)18-11(2,3)6-16)4-5-9(17-7)12(13,14)15;/h4-5H,6,16H2,1-3H3,(H,18,19);1H. The highest BCUT2D eigenvalue weighted by Gasteiger charge is 2.33. The number of nitrogens with one attached hydrogen (secondary N) is 1. The largest absolute Gasteiger partial charge is 0.433 e. The Balaban J connectivity index is 0.00000361. The number of carbonyl (C=O) groups is 1. The van der Waals surface area contributed by atoms with Gasteiger partial charge in [0.2, 0.25) is 0 Å². The minimum Gasteiger partial charge on any atom is -0.346 e. The van der Waals surface area contributed by atoms with E-state index in [4.69, 9.17) is 5.73 Å². The molecule has 0 unspecified atom stereocenters. The van der Waals surface area contributed by atoms with Crippen molar-refractivity contribution in [2.75, 3.05) is 6.54 Å². The first-order chi connectivity index (χ1) is 8.57. The Hall–Kier alpha value is -1.34. The molecule has 0 fully saturated rings. The van der Waals surface area contributed by atoms with Gasteiger partial charge in [-0.15, -0.1) is 12.4 Å². The molecule has 8 heteroatoms. The van der Waals surface area contributed by atoms with Crippen molar-refractivity contribution >= 4 is 18.3 Å². The van der Waals surface area contributed by atoms with Gasteiger partial charge in [-0.05, 0) is 32.9 Å². The lowest BCUT2D eigenvalue weighted by Gasteiger charge is -2.24. The number of halogens is 4. The van der Waals surface area contributed by atoms with Crippen LogP contribution in [0.15, 0.2) is 12.1 Å². The minimum absolute atomic E-state index is 0. The molecule has 0 aliphatic carbocycles. The number of aryl methyl sites for hydroxylation is 1. The zero-order valence-electron chi connectivity index (χ0n) is 11.3. The van der Waals surface area contributed by atoms with E-state index < -0.39 is 23.3 Å². The molecule has 3 N–H and O–H groups in total. The summed E-state index contributed by atoms with van der Waals surface area (Å²) in [6.45, 7) is 5.01. The molecule has 114 valence electrons. The summed E-state index contributed by atoms with van der Waals surface area (Å²) in [4.78, 5) is 15.3. The molecule has 0 aliphatic rings. The molecule has 0 radical (unpaired) electrons. The molecule has 4 nitrogen and oxygen atoms in total. The van der Waals surface area contributed by atoms with Gasteiger partial charge in [-0.25, -0.2) is 4.98 Å². The maximum Gasteiger partial charge on any atom is 0.433 e. The van der Waals surface area contributed by atoms with Crippen molar-refractivity contribution in [2.45, 2.75) is 32.5 Å². The predicted molar refractivity (Wildman–Crippen MR) is 71.8 cm³/mol. The second-order valence-electron chi connectivity index (χ2n) is 4.87. The zero-order chi connectivity index (χ0) is 14.8. The van der Waals surface area contributed by atoms with Gasteiger partial charge in [-0.3, -0.25) is 4.79 Å². The molecule has 1 amide bonds. The van der Waals surface area contributed by atoms with Crippen LogP contribution in [0.3, 0.4) is 0 Å². The van der Waals surface area contributed by atoms with Crippen molar-refractivity contribution in [1.82, 2.24) is 10.3 Å². The van der Waals surface area contributed by atoms with Gasteiger partial charge in [0.1, 0.15) is 5.69 Å². The average Bonchev–Trinajstić information content (AvgIpc) is 2.26. The van der Waals surface area contributed by atoms with Crippen LogP contribution in [0.1, 0.15) is 35.6 Å². The Morgan fingerprint density at radius 3 is 2.30 bits per heavy atom. The molecule has 0 saturated heterocycles. The molecule has 1 aromatic rings. The molecule has 0 bridgehead atoms. The maximum atomic E-state index is 12.4. The van der Waals surface area contributed by atoms with E-state index in [1.165, 1.54) is 6.92 Å². The number of nitrogens with zero attached hydrogens (tertiary/aromatic N) is 1. The molecule has 1 rings (SSSR count). The fourth-order valence-electron chi connectivity index (χ4n) is 1.38. The van der Waals surface area contributed by atoms with E-state index in [1.807, 2.05) is 0 Å². The van der Waals surface area contributed by atoms with Crippen molar-refractivity contribution in [3.63, 3.8) is 0 Å². The van der Waals surface area contributed by atoms with Gasteiger partial charge >= 0.3 is 6.18 Å². The van der Waals surface area contributed by atoms with Crippen LogP contribution in [0.5, 0.6) is 0 Å². The first-order valence-electron chi connectivity index (χ1n) is 5.64. The second kappa shape index (κ2) is 6.41. The summed E-state index contributed by atoms with van der Waals surface area (Å²) in [5.74, 6) is -0.492. The van der Waals surface area contributed by atoms with E-state index in [0.29, 0.717) is 0 Å². The van der Waals surface area contributed by atoms with Gasteiger partial charge in [0, 0.05) is 12.1 Å². The second-order valence-corrected chi connectivity index (χ2v) is 4.87. The normalized spacial score (nSPS) is 11.8. The summed E-state index contributed by atoms with van der Waals surface area (Å²) in [7, 11) is 0. The van der Waals surface area contributed by atoms with Gasteiger partial charge in [0.15, 0.2) is 0 Å². The minimum atomic E-state index is -4.52. The van der Waals surface area contributed by atoms with Gasteiger partial charge in [-0.2, -0.15) is 13.2 Å². The molecule has 0 saturated carbocycles. The first-order valence-corrected chi connectivity index (χ1v) is 5.64. The fourth-order valence-corrected chi connectivity index (χ4v) is 1.38. The lowest BCUT2D eigenvalue weighted by molar-refractivity contribution is -0.141. The van der Waals surface area contributed by atoms with E-state index in [1.54, 1.807) is 13.8 Å². The molecule has 1 aromatic heterocycles. The number of hydrogen-bond donors (Lipinski definition) is 2. The number of rotatable bonds is 3. The summed E-state index contributed by atoms with van der Waals surface area (Å²) in [5.41, 5.74) is 3.96. The van der Waals surface area contributed by atoms with E-state index in [9.17, 15) is 18.0 Å². The molecule has 0 aliphatic heterocycles. The quantitative estimate of drug-likeness (QED) is 0.900. The fraction of sp³-hybridized carbons (Fsp3) is 0.500. The molecule has 0 atom stereocenters. The molecular formula is C12H17ClF3N3O. The van der Waals surface area contributed by atoms with Crippen LogP contribution < -0.4 is 11.1 Å². The monoisotopic (exact) mass is 311 g/mol. The van der Waals surface area contributed by atoms with Crippen LogP contribution in [0.25, 0.3) is 0 Å². The molecule has 20 heavy (non-hydrogen) atoms. The topological polar surface area (TPSA) is 68.0 Å². The third-order valence-corrected chi connectivity index (χ3v) is 2.58. The highest BCUT2D eigenvalue weighted by Crippen LogP contribution is 2.28. The van der Waals surface area contributed by atoms with Gasteiger partial charge in [-0.1, -0.05) is 0 Å². The van der Waals surface area contributed by atoms with E-state index >= 15 is 0 Å². The highest BCUT2D eigenvalue weighted by molar-refractivity contribution is 5.95. The van der Waals surface area contributed by atoms with Crippen molar-refractivity contribution in [2.24, 2.45) is 5.73 Å². The Morgan fingerprint density at radius 1 is 1.35 bits per heavy atom. The van der Waals surface area contributed by atoms with E-state index in [0.717, 1.165) is 12.1 Å². The number of amides is 1. The smallest absolute Gasteiger partial charge is 0.346 e. The Kier molecular flexibility index (Phi) is 5.98. The van der Waals surface area contributed by atoms with Crippen LogP contribution >= 0.6 is 12.4 Å². The van der Waals surface area contributed by atoms with Crippen LogP contribution in [0.2, 0.25) is 0 Å². The summed E-state index contributed by atoms with van der Waals surface area (Å²) in [6, 6.07) is 1.91. The maximum absolute atomic E-state index is 12.4. The van der Waals surface area contributed by atoms with Crippen molar-refractivity contribution < 1.29 is 18.0 Å². The van der Waals surface area contributed by atoms with E-state index in [2.05, 4.69) is 10.3 Å². The van der Waals surface area contributed by atoms with E-state index in [-0.39, 0.29) is 30.2 Å². The predicted octanol–water partition coefficient (Wildman–Crippen LogP) is 2.30. The van der Waals surface area contributed by atoms with Crippen LogP contribution in [-0.2, 0) is 6.18 Å². The SMILES string of the molecule is Cc1nc(C(F)(F)F)ccc1C(=O)NC(C)(C)CN.Cl. The summed E-state index contributed by atoms with van der Waals surface area (Å²) in [6.07, 6.45) is -4.52. The van der Waals surface area contributed by atoms with Crippen LogP contribution in [-0.4, -0.2) is 23.0 Å². The molecule has 0 spiro atoms.